The molecule has 6 heteroatoms. The fraction of sp³-hybridized carbons (Fsp3) is 0.773. The summed E-state index contributed by atoms with van der Waals surface area (Å²) in [5, 5.41) is 0. The number of allylic oxidation sites excluding steroid dienone is 8. The van der Waals surface area contributed by atoms with Gasteiger partial charge in [-0.25, -0.2) is 0 Å². The first-order valence-corrected chi connectivity index (χ1v) is 21.0. The van der Waals surface area contributed by atoms with E-state index >= 15 is 0 Å². The van der Waals surface area contributed by atoms with E-state index in [4.69, 9.17) is 9.47 Å². The number of hydrogen-bond donors (Lipinski definition) is 0. The Bertz CT molecular complexity index is 816. The van der Waals surface area contributed by atoms with Gasteiger partial charge in [0.05, 0.1) is 0 Å². The van der Waals surface area contributed by atoms with E-state index in [1.165, 1.54) is 89.9 Å². The Morgan fingerprint density at radius 2 is 0.760 bits per heavy atom. The number of ether oxygens (including phenoxy) is 2. The number of esters is 2. The number of unbranched alkanes of at least 4 members (excludes halogenated alkanes) is 16. The molecular formula is C44H78N2O4. The average Bonchev–Trinajstić information content (AvgIpc) is 3.12. The van der Waals surface area contributed by atoms with Gasteiger partial charge in [0, 0.05) is 52.1 Å². The molecule has 1 heterocycles. The minimum Gasteiger partial charge on any atom is -0.464 e. The molecule has 1 aliphatic heterocycles. The maximum absolute atomic E-state index is 12.1. The van der Waals surface area contributed by atoms with Crippen LogP contribution in [0.1, 0.15) is 168 Å². The summed E-state index contributed by atoms with van der Waals surface area (Å²) in [5.74, 6) is -0.119. The van der Waals surface area contributed by atoms with Gasteiger partial charge in [-0.15, -0.1) is 0 Å². The number of nitrogens with zero attached hydrogens (tertiary/aromatic N) is 2. The molecule has 288 valence electrons. The molecule has 1 saturated heterocycles. The smallest absolute Gasteiger partial charge is 0.305 e. The molecule has 0 aromatic carbocycles. The number of hydrogen-bond acceptors (Lipinski definition) is 6. The summed E-state index contributed by atoms with van der Waals surface area (Å²) < 4.78 is 11.0. The summed E-state index contributed by atoms with van der Waals surface area (Å²) in [7, 11) is 0. The summed E-state index contributed by atoms with van der Waals surface area (Å²) in [6, 6.07) is 0. The van der Waals surface area contributed by atoms with Gasteiger partial charge in [0.2, 0.25) is 0 Å². The van der Waals surface area contributed by atoms with Crippen molar-refractivity contribution in [2.24, 2.45) is 0 Å². The lowest BCUT2D eigenvalue weighted by molar-refractivity contribution is -0.145. The molecule has 0 aromatic heterocycles. The van der Waals surface area contributed by atoms with Gasteiger partial charge >= 0.3 is 11.9 Å². The Balaban J connectivity index is 1.87. The van der Waals surface area contributed by atoms with E-state index in [0.29, 0.717) is 26.1 Å². The van der Waals surface area contributed by atoms with Crippen molar-refractivity contribution < 1.29 is 19.1 Å². The van der Waals surface area contributed by atoms with Crippen LogP contribution in [0.3, 0.4) is 0 Å². The van der Waals surface area contributed by atoms with Gasteiger partial charge in [0.15, 0.2) is 0 Å². The predicted octanol–water partition coefficient (Wildman–Crippen LogP) is 11.3. The van der Waals surface area contributed by atoms with Gasteiger partial charge in [-0.05, 0) is 77.0 Å². The second-order valence-corrected chi connectivity index (χ2v) is 14.1. The van der Waals surface area contributed by atoms with Crippen molar-refractivity contribution in [1.82, 2.24) is 9.80 Å². The zero-order chi connectivity index (χ0) is 36.0. The van der Waals surface area contributed by atoms with Crippen molar-refractivity contribution in [1.29, 1.82) is 0 Å². The fourth-order valence-corrected chi connectivity index (χ4v) is 6.12. The van der Waals surface area contributed by atoms with E-state index in [0.717, 1.165) is 90.6 Å². The van der Waals surface area contributed by atoms with Crippen LogP contribution in [0.4, 0.5) is 0 Å². The molecule has 1 fully saturated rings. The third-order valence-corrected chi connectivity index (χ3v) is 9.47. The highest BCUT2D eigenvalue weighted by molar-refractivity contribution is 5.69. The van der Waals surface area contributed by atoms with Crippen molar-refractivity contribution in [3.8, 4) is 0 Å². The van der Waals surface area contributed by atoms with Gasteiger partial charge in [-0.1, -0.05) is 127 Å². The highest BCUT2D eigenvalue weighted by atomic mass is 16.5. The molecule has 0 N–H and O–H groups in total. The average molecular weight is 699 g/mol. The van der Waals surface area contributed by atoms with E-state index in [1.807, 2.05) is 0 Å². The Morgan fingerprint density at radius 3 is 1.12 bits per heavy atom. The van der Waals surface area contributed by atoms with Crippen molar-refractivity contribution in [2.45, 2.75) is 168 Å². The topological polar surface area (TPSA) is 59.1 Å². The van der Waals surface area contributed by atoms with Gasteiger partial charge in [-0.2, -0.15) is 0 Å². The number of carbonyl (C=O) groups is 2. The van der Waals surface area contributed by atoms with Crippen molar-refractivity contribution in [3.05, 3.63) is 48.6 Å². The van der Waals surface area contributed by atoms with Gasteiger partial charge in [-0.3, -0.25) is 19.4 Å². The van der Waals surface area contributed by atoms with Gasteiger partial charge in [0.25, 0.3) is 0 Å². The normalized spacial score (nSPS) is 14.6. The molecule has 6 nitrogen and oxygen atoms in total. The van der Waals surface area contributed by atoms with Crippen LogP contribution in [0.5, 0.6) is 0 Å². The molecule has 1 rings (SSSR count). The van der Waals surface area contributed by atoms with E-state index in [2.05, 4.69) is 72.3 Å². The first-order valence-electron chi connectivity index (χ1n) is 21.0. The van der Waals surface area contributed by atoms with Crippen LogP contribution in [-0.4, -0.2) is 74.2 Å². The van der Waals surface area contributed by atoms with Crippen LogP contribution in [0.2, 0.25) is 0 Å². The van der Waals surface area contributed by atoms with Crippen LogP contribution >= 0.6 is 0 Å². The first-order chi connectivity index (χ1) is 24.7. The molecule has 0 saturated carbocycles. The highest BCUT2D eigenvalue weighted by Crippen LogP contribution is 2.11. The predicted molar refractivity (Wildman–Crippen MR) is 214 cm³/mol. The summed E-state index contributed by atoms with van der Waals surface area (Å²) in [6.07, 6.45) is 45.6. The lowest BCUT2D eigenvalue weighted by Gasteiger charge is -2.34. The third-order valence-electron chi connectivity index (χ3n) is 9.47. The SMILES string of the molecule is CCCCC/C=C/C/C=C/CCCCCCCC(=O)OCCN1CCN(CCOC(=O)CCCCCCC/C=C/C/C=C/CCCCC)CC1. The summed E-state index contributed by atoms with van der Waals surface area (Å²) in [5.41, 5.74) is 0. The van der Waals surface area contributed by atoms with Crippen LogP contribution in [-0.2, 0) is 19.1 Å². The lowest BCUT2D eigenvalue weighted by atomic mass is 10.1. The van der Waals surface area contributed by atoms with E-state index < -0.39 is 0 Å². The van der Waals surface area contributed by atoms with Gasteiger partial charge < -0.3 is 9.47 Å². The van der Waals surface area contributed by atoms with E-state index in [1.54, 1.807) is 0 Å². The molecule has 50 heavy (non-hydrogen) atoms. The first kappa shape index (κ1) is 45.8. The van der Waals surface area contributed by atoms with Gasteiger partial charge in [0.1, 0.15) is 13.2 Å². The third kappa shape index (κ3) is 31.8. The molecule has 0 bridgehead atoms. The Kier molecular flexibility index (Phi) is 33.6. The monoisotopic (exact) mass is 699 g/mol. The number of carbonyl (C=O) groups excluding carboxylic acids is 2. The Hall–Kier alpha value is -2.18. The maximum Gasteiger partial charge on any atom is 0.305 e. The quantitative estimate of drug-likeness (QED) is 0.0379. The Labute approximate surface area is 309 Å². The molecule has 0 unspecified atom stereocenters. The second kappa shape index (κ2) is 36.6. The molecule has 0 spiro atoms. The lowest BCUT2D eigenvalue weighted by Crippen LogP contribution is -2.48. The summed E-state index contributed by atoms with van der Waals surface area (Å²) in [6.45, 7) is 10.9. The molecule has 0 amide bonds. The molecule has 0 aromatic rings. The minimum absolute atomic E-state index is 0.0593. The number of piperazine rings is 1. The molecule has 0 aliphatic carbocycles. The standard InChI is InChI=1S/C44H78N2O4/c1-3-5-7-9-11-13-15-17-19-21-23-25-27-29-31-33-43(47)49-41-39-45-35-37-46(38-36-45)40-42-50-44(48)34-32-30-28-26-24-22-20-18-16-14-12-10-8-6-4-2/h11-14,17-20H,3-10,15-16,21-42H2,1-2H3/b13-11+,14-12+,19-17+,20-18+. The largest absolute Gasteiger partial charge is 0.464 e. The maximum atomic E-state index is 12.1. The Morgan fingerprint density at radius 1 is 0.440 bits per heavy atom. The van der Waals surface area contributed by atoms with Crippen LogP contribution in [0, 0.1) is 0 Å². The summed E-state index contributed by atoms with van der Waals surface area (Å²) in [4.78, 5) is 29.0. The van der Waals surface area contributed by atoms with Crippen molar-refractivity contribution in [3.63, 3.8) is 0 Å². The van der Waals surface area contributed by atoms with Crippen molar-refractivity contribution >= 4 is 11.9 Å². The van der Waals surface area contributed by atoms with Crippen molar-refractivity contribution in [2.75, 3.05) is 52.5 Å². The number of rotatable bonds is 34. The minimum atomic E-state index is -0.0593. The van der Waals surface area contributed by atoms with Crippen LogP contribution < -0.4 is 0 Å². The summed E-state index contributed by atoms with van der Waals surface area (Å²) >= 11 is 0. The molecule has 1 aliphatic rings. The molecular weight excluding hydrogens is 620 g/mol. The zero-order valence-electron chi connectivity index (χ0n) is 32.8. The van der Waals surface area contributed by atoms with E-state index in [-0.39, 0.29) is 11.9 Å². The molecule has 0 radical (unpaired) electrons. The fourth-order valence-electron chi connectivity index (χ4n) is 6.12. The molecule has 0 atom stereocenters. The van der Waals surface area contributed by atoms with E-state index in [9.17, 15) is 9.59 Å². The second-order valence-electron chi connectivity index (χ2n) is 14.1. The zero-order valence-corrected chi connectivity index (χ0v) is 32.8. The highest BCUT2D eigenvalue weighted by Gasteiger charge is 2.17. The van der Waals surface area contributed by atoms with Crippen LogP contribution in [0.15, 0.2) is 48.6 Å². The van der Waals surface area contributed by atoms with Crippen LogP contribution in [0.25, 0.3) is 0 Å².